The van der Waals surface area contributed by atoms with Gasteiger partial charge in [-0.3, -0.25) is 14.7 Å². The Kier molecular flexibility index (Phi) is 11.9. The predicted molar refractivity (Wildman–Crippen MR) is 154 cm³/mol. The molecular formula is C29H34ClN3O6S. The number of ether oxygens (including phenoxy) is 2. The van der Waals surface area contributed by atoms with Gasteiger partial charge in [0.05, 0.1) is 30.5 Å². The minimum atomic E-state index is -3.77. The van der Waals surface area contributed by atoms with E-state index < -0.39 is 16.1 Å². The summed E-state index contributed by atoms with van der Waals surface area (Å²) in [6.45, 7) is 2.50. The minimum absolute atomic E-state index is 0.124. The average Bonchev–Trinajstić information content (AvgIpc) is 2.96. The smallest absolute Gasteiger partial charge is 0.414 e. The summed E-state index contributed by atoms with van der Waals surface area (Å²) in [7, 11) is -2.41. The summed E-state index contributed by atoms with van der Waals surface area (Å²) < 4.78 is 38.6. The Morgan fingerprint density at radius 1 is 1.07 bits per heavy atom. The lowest BCUT2D eigenvalue weighted by Crippen LogP contribution is -2.33. The van der Waals surface area contributed by atoms with Gasteiger partial charge in [0.15, 0.2) is 0 Å². The zero-order chi connectivity index (χ0) is 29.0. The molecule has 0 bridgehead atoms. The zero-order valence-corrected chi connectivity index (χ0v) is 24.2. The molecule has 0 aliphatic heterocycles. The molecule has 214 valence electrons. The second kappa shape index (κ2) is 15.4. The number of hydrogen-bond acceptors (Lipinski definition) is 7. The van der Waals surface area contributed by atoms with Crippen LogP contribution in [-0.4, -0.2) is 52.3 Å². The standard InChI is InChI=1S/C29H34ClN3O6S/c1-3-39-29(35)33(26-7-4-18-31-21-26)19-5-6-24(20-32-40(36,37)27-15-13-25(30)14-16-27)23-11-8-22(9-12-23)10-17-28(34)38-2/h4,7-9,11-16,18,21,24,32H,3,5-6,10,17,19-20H2,1-2H3. The van der Waals surface area contributed by atoms with Crippen molar-refractivity contribution in [1.82, 2.24) is 9.71 Å². The molecular weight excluding hydrogens is 554 g/mol. The van der Waals surface area contributed by atoms with E-state index in [2.05, 4.69) is 9.71 Å². The van der Waals surface area contributed by atoms with Gasteiger partial charge in [-0.25, -0.2) is 17.9 Å². The van der Waals surface area contributed by atoms with E-state index in [0.29, 0.717) is 36.5 Å². The van der Waals surface area contributed by atoms with Gasteiger partial charge in [0.2, 0.25) is 10.0 Å². The number of sulfonamides is 1. The maximum Gasteiger partial charge on any atom is 0.414 e. The summed E-state index contributed by atoms with van der Waals surface area (Å²) >= 11 is 5.92. The molecule has 3 aromatic rings. The van der Waals surface area contributed by atoms with E-state index in [9.17, 15) is 18.0 Å². The summed E-state index contributed by atoms with van der Waals surface area (Å²) in [6.07, 6.45) is 4.74. The summed E-state index contributed by atoms with van der Waals surface area (Å²) in [5, 5.41) is 0.448. The van der Waals surface area contributed by atoms with E-state index in [1.165, 1.54) is 36.3 Å². The Balaban J connectivity index is 1.75. The van der Waals surface area contributed by atoms with Crippen LogP contribution in [0.25, 0.3) is 0 Å². The second-order valence-electron chi connectivity index (χ2n) is 9.02. The predicted octanol–water partition coefficient (Wildman–Crippen LogP) is 5.35. The van der Waals surface area contributed by atoms with Crippen LogP contribution in [0.4, 0.5) is 10.5 Å². The number of amides is 1. The third kappa shape index (κ3) is 9.32. The zero-order valence-electron chi connectivity index (χ0n) is 22.6. The van der Waals surface area contributed by atoms with Crippen LogP contribution in [0.3, 0.4) is 0 Å². The van der Waals surface area contributed by atoms with Gasteiger partial charge >= 0.3 is 12.1 Å². The molecule has 0 radical (unpaired) electrons. The lowest BCUT2D eigenvalue weighted by molar-refractivity contribution is -0.140. The van der Waals surface area contributed by atoms with Crippen LogP contribution in [0.1, 0.15) is 43.2 Å². The Labute approximate surface area is 240 Å². The van der Waals surface area contributed by atoms with Crippen LogP contribution in [0, 0.1) is 0 Å². The Morgan fingerprint density at radius 3 is 2.42 bits per heavy atom. The number of anilines is 1. The molecule has 9 nitrogen and oxygen atoms in total. The molecule has 3 rings (SSSR count). The fourth-order valence-corrected chi connectivity index (χ4v) is 5.34. The average molecular weight is 588 g/mol. The summed E-state index contributed by atoms with van der Waals surface area (Å²) in [6, 6.07) is 17.3. The lowest BCUT2D eigenvalue weighted by atomic mass is 9.93. The number of pyridine rings is 1. The molecule has 0 saturated heterocycles. The third-order valence-electron chi connectivity index (χ3n) is 6.32. The summed E-state index contributed by atoms with van der Waals surface area (Å²) in [4.78, 5) is 29.9. The van der Waals surface area contributed by atoms with Gasteiger partial charge in [0, 0.05) is 30.7 Å². The Morgan fingerprint density at radius 2 is 1.80 bits per heavy atom. The quantitative estimate of drug-likeness (QED) is 0.253. The van der Waals surface area contributed by atoms with Crippen molar-refractivity contribution < 1.29 is 27.5 Å². The first-order valence-electron chi connectivity index (χ1n) is 13.0. The highest BCUT2D eigenvalue weighted by Crippen LogP contribution is 2.24. The molecule has 1 aromatic heterocycles. The maximum atomic E-state index is 13.0. The topological polar surface area (TPSA) is 115 Å². The largest absolute Gasteiger partial charge is 0.469 e. The third-order valence-corrected chi connectivity index (χ3v) is 8.01. The fourth-order valence-electron chi connectivity index (χ4n) is 4.14. The van der Waals surface area contributed by atoms with Crippen LogP contribution in [-0.2, 0) is 30.7 Å². The first-order chi connectivity index (χ1) is 19.2. The fraction of sp³-hybridized carbons (Fsp3) is 0.345. The van der Waals surface area contributed by atoms with Crippen molar-refractivity contribution in [2.45, 2.75) is 43.4 Å². The SMILES string of the molecule is CCOC(=O)N(CCCC(CNS(=O)(=O)c1ccc(Cl)cc1)c1ccc(CCC(=O)OC)cc1)c1cccnc1. The number of aryl methyl sites for hydroxylation is 1. The van der Waals surface area contributed by atoms with E-state index in [1.54, 1.807) is 31.5 Å². The van der Waals surface area contributed by atoms with Gasteiger partial charge in [0.1, 0.15) is 0 Å². The molecule has 0 aliphatic carbocycles. The number of methoxy groups -OCH3 is 1. The van der Waals surface area contributed by atoms with E-state index in [4.69, 9.17) is 21.1 Å². The van der Waals surface area contributed by atoms with Crippen molar-refractivity contribution in [3.63, 3.8) is 0 Å². The van der Waals surface area contributed by atoms with Crippen molar-refractivity contribution >= 4 is 39.4 Å². The molecule has 1 unspecified atom stereocenters. The minimum Gasteiger partial charge on any atom is -0.469 e. The van der Waals surface area contributed by atoms with Gasteiger partial charge in [-0.05, 0) is 79.6 Å². The van der Waals surface area contributed by atoms with Crippen molar-refractivity contribution in [2.75, 3.05) is 31.7 Å². The lowest BCUT2D eigenvalue weighted by Gasteiger charge is -2.24. The highest BCUT2D eigenvalue weighted by atomic mass is 35.5. The highest BCUT2D eigenvalue weighted by Gasteiger charge is 2.21. The van der Waals surface area contributed by atoms with E-state index >= 15 is 0 Å². The number of rotatable bonds is 14. The molecule has 1 heterocycles. The molecule has 1 N–H and O–H groups in total. The normalized spacial score (nSPS) is 12.0. The van der Waals surface area contributed by atoms with Crippen LogP contribution >= 0.6 is 11.6 Å². The molecule has 2 aromatic carbocycles. The van der Waals surface area contributed by atoms with Gasteiger partial charge in [-0.15, -0.1) is 0 Å². The number of esters is 1. The molecule has 1 atom stereocenters. The second-order valence-corrected chi connectivity index (χ2v) is 11.2. The number of nitrogens with one attached hydrogen (secondary N) is 1. The Bertz CT molecular complexity index is 1340. The number of benzene rings is 2. The number of hydrogen-bond donors (Lipinski definition) is 1. The molecule has 0 saturated carbocycles. The van der Waals surface area contributed by atoms with Crippen molar-refractivity contribution in [1.29, 1.82) is 0 Å². The van der Waals surface area contributed by atoms with Crippen molar-refractivity contribution in [2.24, 2.45) is 0 Å². The van der Waals surface area contributed by atoms with Crippen LogP contribution in [0.15, 0.2) is 78.0 Å². The molecule has 0 fully saturated rings. The van der Waals surface area contributed by atoms with E-state index in [1.807, 2.05) is 24.3 Å². The molecule has 11 heteroatoms. The van der Waals surface area contributed by atoms with E-state index in [-0.39, 0.29) is 36.4 Å². The van der Waals surface area contributed by atoms with Crippen LogP contribution in [0.2, 0.25) is 5.02 Å². The first kappa shape index (κ1) is 31.1. The monoisotopic (exact) mass is 587 g/mol. The molecule has 40 heavy (non-hydrogen) atoms. The highest BCUT2D eigenvalue weighted by molar-refractivity contribution is 7.89. The van der Waals surface area contributed by atoms with Gasteiger partial charge in [-0.2, -0.15) is 0 Å². The number of halogens is 1. The molecule has 0 aliphatic rings. The van der Waals surface area contributed by atoms with E-state index in [0.717, 1.165) is 11.1 Å². The molecule has 1 amide bonds. The van der Waals surface area contributed by atoms with Gasteiger partial charge in [0.25, 0.3) is 0 Å². The maximum absolute atomic E-state index is 13.0. The Hall–Kier alpha value is -3.47. The number of carbonyl (C=O) groups is 2. The summed E-state index contributed by atoms with van der Waals surface area (Å²) in [5.41, 5.74) is 2.53. The van der Waals surface area contributed by atoms with Crippen molar-refractivity contribution in [3.8, 4) is 0 Å². The number of nitrogens with zero attached hydrogens (tertiary/aromatic N) is 2. The first-order valence-corrected chi connectivity index (χ1v) is 14.8. The van der Waals surface area contributed by atoms with Crippen LogP contribution in [0.5, 0.6) is 0 Å². The summed E-state index contributed by atoms with van der Waals surface area (Å²) in [5.74, 6) is -0.465. The van der Waals surface area contributed by atoms with Gasteiger partial charge in [-0.1, -0.05) is 35.9 Å². The van der Waals surface area contributed by atoms with Crippen molar-refractivity contribution in [3.05, 3.63) is 89.2 Å². The number of carbonyl (C=O) groups excluding carboxylic acids is 2. The number of aromatic nitrogens is 1. The van der Waals surface area contributed by atoms with Gasteiger partial charge < -0.3 is 9.47 Å². The molecule has 0 spiro atoms. The van der Waals surface area contributed by atoms with Crippen LogP contribution < -0.4 is 9.62 Å².